The largest absolute Gasteiger partial charge is 0.335 e. The van der Waals surface area contributed by atoms with E-state index in [0.29, 0.717) is 24.3 Å². The molecule has 2 amide bonds. The van der Waals surface area contributed by atoms with Crippen molar-refractivity contribution in [2.45, 2.75) is 57.3 Å². The molecule has 4 heterocycles. The van der Waals surface area contributed by atoms with Gasteiger partial charge in [0.25, 0.3) is 0 Å². The third kappa shape index (κ3) is 5.47. The van der Waals surface area contributed by atoms with Crippen molar-refractivity contribution < 1.29 is 9.18 Å². The monoisotopic (exact) mass is 451 g/mol. The summed E-state index contributed by atoms with van der Waals surface area (Å²) in [5.41, 5.74) is 3.38. The number of anilines is 1. The Morgan fingerprint density at radius 1 is 1.09 bits per heavy atom. The molecule has 1 aliphatic carbocycles. The van der Waals surface area contributed by atoms with Gasteiger partial charge in [-0.25, -0.2) is 14.2 Å². The van der Waals surface area contributed by atoms with Gasteiger partial charge < -0.3 is 10.2 Å². The van der Waals surface area contributed by atoms with Crippen LogP contribution in [0, 0.1) is 0 Å². The number of nitrogens with zero attached hydrogens (tertiary/aromatic N) is 5. The van der Waals surface area contributed by atoms with Crippen LogP contribution >= 0.6 is 0 Å². The summed E-state index contributed by atoms with van der Waals surface area (Å²) >= 11 is 0. The number of urea groups is 1. The summed E-state index contributed by atoms with van der Waals surface area (Å²) < 4.78 is 15.2. The predicted octanol–water partition coefficient (Wildman–Crippen LogP) is 3.99. The molecule has 0 aromatic carbocycles. The first-order valence-electron chi connectivity index (χ1n) is 11.9. The van der Waals surface area contributed by atoms with Crippen molar-refractivity contribution >= 4 is 22.9 Å². The number of nitrogens with one attached hydrogen (secondary N) is 2. The zero-order valence-corrected chi connectivity index (χ0v) is 18.7. The molecule has 3 aromatic rings. The highest BCUT2D eigenvalue weighted by atomic mass is 19.1. The SMILES string of the molecule is O=C(Nc1ccc2ncc(-c3cnn(CCCN4CC[C@H](F)C4)c3)cc2n1)NC1CCCC1. The summed E-state index contributed by atoms with van der Waals surface area (Å²) in [5, 5.41) is 10.3. The van der Waals surface area contributed by atoms with Gasteiger partial charge >= 0.3 is 6.03 Å². The normalized spacial score (nSPS) is 19.4. The van der Waals surface area contributed by atoms with Crippen molar-refractivity contribution in [2.24, 2.45) is 0 Å². The minimum absolute atomic E-state index is 0.213. The molecule has 0 unspecified atom stereocenters. The van der Waals surface area contributed by atoms with E-state index in [9.17, 15) is 9.18 Å². The van der Waals surface area contributed by atoms with E-state index in [1.165, 1.54) is 12.8 Å². The number of hydrogen-bond donors (Lipinski definition) is 2. The first-order chi connectivity index (χ1) is 16.1. The average molecular weight is 452 g/mol. The van der Waals surface area contributed by atoms with E-state index in [1.807, 2.05) is 35.4 Å². The molecule has 2 fully saturated rings. The lowest BCUT2D eigenvalue weighted by atomic mass is 10.1. The molecule has 0 spiro atoms. The van der Waals surface area contributed by atoms with Gasteiger partial charge in [0, 0.05) is 55.7 Å². The van der Waals surface area contributed by atoms with Gasteiger partial charge in [-0.05, 0) is 43.9 Å². The molecule has 1 aliphatic heterocycles. The third-order valence-corrected chi connectivity index (χ3v) is 6.51. The Morgan fingerprint density at radius 3 is 2.79 bits per heavy atom. The van der Waals surface area contributed by atoms with Gasteiger partial charge in [-0.15, -0.1) is 0 Å². The van der Waals surface area contributed by atoms with Crippen LogP contribution in [0.1, 0.15) is 38.5 Å². The summed E-state index contributed by atoms with van der Waals surface area (Å²) in [6.07, 6.45) is 11.0. The van der Waals surface area contributed by atoms with Crippen molar-refractivity contribution in [3.05, 3.63) is 36.8 Å². The number of aromatic nitrogens is 4. The minimum Gasteiger partial charge on any atom is -0.335 e. The van der Waals surface area contributed by atoms with Gasteiger partial charge in [-0.3, -0.25) is 15.0 Å². The van der Waals surface area contributed by atoms with Crippen molar-refractivity contribution in [3.8, 4) is 11.1 Å². The molecule has 3 aromatic heterocycles. The Balaban J connectivity index is 1.21. The molecule has 2 aliphatic rings. The lowest BCUT2D eigenvalue weighted by Crippen LogP contribution is -2.36. The van der Waals surface area contributed by atoms with Crippen LogP contribution in [-0.4, -0.2) is 62.5 Å². The fourth-order valence-electron chi connectivity index (χ4n) is 4.72. The summed E-state index contributed by atoms with van der Waals surface area (Å²) in [6, 6.07) is 5.64. The quantitative estimate of drug-likeness (QED) is 0.567. The summed E-state index contributed by atoms with van der Waals surface area (Å²) in [4.78, 5) is 23.6. The van der Waals surface area contributed by atoms with Crippen molar-refractivity contribution in [2.75, 3.05) is 25.0 Å². The zero-order valence-electron chi connectivity index (χ0n) is 18.7. The number of pyridine rings is 2. The first-order valence-corrected chi connectivity index (χ1v) is 11.9. The van der Waals surface area contributed by atoms with E-state index in [4.69, 9.17) is 0 Å². The Morgan fingerprint density at radius 2 is 1.97 bits per heavy atom. The molecule has 1 saturated carbocycles. The lowest BCUT2D eigenvalue weighted by Gasteiger charge is -2.13. The Bertz CT molecular complexity index is 1110. The van der Waals surface area contributed by atoms with Gasteiger partial charge in [0.2, 0.25) is 0 Å². The van der Waals surface area contributed by atoms with Crippen LogP contribution in [-0.2, 0) is 6.54 Å². The van der Waals surface area contributed by atoms with Crippen LogP contribution in [0.15, 0.2) is 36.8 Å². The van der Waals surface area contributed by atoms with Crippen LogP contribution in [0.5, 0.6) is 0 Å². The number of rotatable bonds is 7. The van der Waals surface area contributed by atoms with Crippen LogP contribution in [0.4, 0.5) is 15.0 Å². The second-order valence-corrected chi connectivity index (χ2v) is 9.07. The highest BCUT2D eigenvalue weighted by Gasteiger charge is 2.21. The molecule has 5 rings (SSSR count). The maximum Gasteiger partial charge on any atom is 0.320 e. The van der Waals surface area contributed by atoms with Gasteiger partial charge in [-0.2, -0.15) is 5.10 Å². The maximum absolute atomic E-state index is 13.3. The molecule has 33 heavy (non-hydrogen) atoms. The molecule has 8 nitrogen and oxygen atoms in total. The smallest absolute Gasteiger partial charge is 0.320 e. The van der Waals surface area contributed by atoms with E-state index >= 15 is 0 Å². The molecule has 1 saturated heterocycles. The first kappa shape index (κ1) is 21.8. The van der Waals surface area contributed by atoms with Crippen molar-refractivity contribution in [1.82, 2.24) is 30.0 Å². The molecular weight excluding hydrogens is 421 g/mol. The molecule has 0 radical (unpaired) electrons. The fraction of sp³-hybridized carbons (Fsp3) is 0.500. The van der Waals surface area contributed by atoms with E-state index in [0.717, 1.165) is 55.5 Å². The zero-order chi connectivity index (χ0) is 22.6. The van der Waals surface area contributed by atoms with Gasteiger partial charge in [0.15, 0.2) is 0 Å². The number of hydrogen-bond acceptors (Lipinski definition) is 5. The lowest BCUT2D eigenvalue weighted by molar-refractivity contribution is 0.248. The van der Waals surface area contributed by atoms with E-state index in [2.05, 4.69) is 30.6 Å². The van der Waals surface area contributed by atoms with Crippen LogP contribution < -0.4 is 10.6 Å². The standard InChI is InChI=1S/C24H30FN7O/c25-19-8-11-31(16-19)9-3-10-32-15-18(14-27-32)17-12-22-21(26-13-17)6-7-23(29-22)30-24(33)28-20-4-1-2-5-20/h6-7,12-15,19-20H,1-5,8-11,16H2,(H2,28,29,30,33)/t19-/m0/s1. The molecular formula is C24H30FN7O. The Labute approximate surface area is 192 Å². The molecule has 2 N–H and O–H groups in total. The topological polar surface area (TPSA) is 88.0 Å². The minimum atomic E-state index is -0.673. The average Bonchev–Trinajstić information content (AvgIpc) is 3.56. The molecule has 0 bridgehead atoms. The van der Waals surface area contributed by atoms with Crippen LogP contribution in [0.3, 0.4) is 0 Å². The van der Waals surface area contributed by atoms with E-state index in [1.54, 1.807) is 6.07 Å². The maximum atomic E-state index is 13.3. The van der Waals surface area contributed by atoms with Crippen molar-refractivity contribution in [1.29, 1.82) is 0 Å². The molecule has 174 valence electrons. The number of halogens is 1. The number of alkyl halides is 1. The summed E-state index contributed by atoms with van der Waals surface area (Å²) in [5.74, 6) is 0.505. The van der Waals surface area contributed by atoms with Crippen molar-refractivity contribution in [3.63, 3.8) is 0 Å². The number of aryl methyl sites for hydroxylation is 1. The second-order valence-electron chi connectivity index (χ2n) is 9.07. The summed E-state index contributed by atoms with van der Waals surface area (Å²) in [6.45, 7) is 3.08. The number of fused-ring (bicyclic) bond motifs is 1. The highest BCUT2D eigenvalue weighted by Crippen LogP contribution is 2.23. The number of amides is 2. The highest BCUT2D eigenvalue weighted by molar-refractivity contribution is 5.90. The third-order valence-electron chi connectivity index (χ3n) is 6.51. The van der Waals surface area contributed by atoms with E-state index in [-0.39, 0.29) is 12.1 Å². The number of carbonyl (C=O) groups is 1. The van der Waals surface area contributed by atoms with Crippen LogP contribution in [0.25, 0.3) is 22.2 Å². The van der Waals surface area contributed by atoms with E-state index < -0.39 is 6.17 Å². The fourth-order valence-corrected chi connectivity index (χ4v) is 4.72. The Hall–Kier alpha value is -3.07. The summed E-state index contributed by atoms with van der Waals surface area (Å²) in [7, 11) is 0. The number of likely N-dealkylation sites (tertiary alicyclic amines) is 1. The van der Waals surface area contributed by atoms with Crippen LogP contribution in [0.2, 0.25) is 0 Å². The predicted molar refractivity (Wildman–Crippen MR) is 126 cm³/mol. The molecule has 9 heteroatoms. The Kier molecular flexibility index (Phi) is 6.48. The van der Waals surface area contributed by atoms with Gasteiger partial charge in [-0.1, -0.05) is 12.8 Å². The second kappa shape index (κ2) is 9.82. The van der Waals surface area contributed by atoms with Gasteiger partial charge in [0.05, 0.1) is 17.2 Å². The number of carbonyl (C=O) groups excluding carboxylic acids is 1. The van der Waals surface area contributed by atoms with Gasteiger partial charge in [0.1, 0.15) is 12.0 Å². The molecule has 1 atom stereocenters.